The first-order chi connectivity index (χ1) is 15.4. The lowest BCUT2D eigenvalue weighted by molar-refractivity contribution is -0.132. The highest BCUT2D eigenvalue weighted by atomic mass is 79.9. The first-order valence-corrected chi connectivity index (χ1v) is 10.8. The molecular weight excluding hydrogens is 476 g/mol. The van der Waals surface area contributed by atoms with E-state index in [0.717, 1.165) is 15.2 Å². The molecule has 0 unspecified atom stereocenters. The Morgan fingerprint density at radius 2 is 1.88 bits per heavy atom. The number of esters is 1. The summed E-state index contributed by atoms with van der Waals surface area (Å²) in [6, 6.07) is 16.6. The molecule has 1 amide bonds. The summed E-state index contributed by atoms with van der Waals surface area (Å²) in [5.41, 5.74) is 2.96. The topological polar surface area (TPSA) is 86.2 Å². The fourth-order valence-corrected chi connectivity index (χ4v) is 3.61. The smallest absolute Gasteiger partial charge is 0.308 e. The monoisotopic (exact) mass is 498 g/mol. The van der Waals surface area contributed by atoms with Gasteiger partial charge in [-0.1, -0.05) is 37.3 Å². The molecule has 32 heavy (non-hydrogen) atoms. The van der Waals surface area contributed by atoms with Crippen molar-refractivity contribution in [2.75, 3.05) is 7.11 Å². The minimum absolute atomic E-state index is 0.305. The second kappa shape index (κ2) is 10.8. The number of ether oxygens (including phenoxy) is 3. The molecule has 3 aromatic rings. The van der Waals surface area contributed by atoms with Gasteiger partial charge in [0.2, 0.25) is 0 Å². The van der Waals surface area contributed by atoms with Gasteiger partial charge in [-0.15, -0.1) is 0 Å². The zero-order chi connectivity index (χ0) is 23.1. The fraction of sp³-hybridized carbons (Fsp3) is 0.208. The number of carbonyl (C=O) groups is 2. The van der Waals surface area contributed by atoms with Gasteiger partial charge in [0.25, 0.3) is 5.91 Å². The number of hydrogen-bond donors (Lipinski definition) is 1. The van der Waals surface area contributed by atoms with Crippen LogP contribution in [0.2, 0.25) is 0 Å². The van der Waals surface area contributed by atoms with Gasteiger partial charge in [0.15, 0.2) is 6.10 Å². The average Bonchev–Trinajstić information content (AvgIpc) is 2.79. The number of halogens is 1. The van der Waals surface area contributed by atoms with E-state index in [9.17, 15) is 9.59 Å². The van der Waals surface area contributed by atoms with Crippen molar-refractivity contribution in [1.82, 2.24) is 5.43 Å². The van der Waals surface area contributed by atoms with Crippen molar-refractivity contribution in [1.29, 1.82) is 0 Å². The van der Waals surface area contributed by atoms with Gasteiger partial charge in [-0.3, -0.25) is 9.59 Å². The first kappa shape index (κ1) is 23.3. The number of methoxy groups -OCH3 is 1. The van der Waals surface area contributed by atoms with Gasteiger partial charge in [0.05, 0.1) is 17.8 Å². The number of amides is 1. The van der Waals surface area contributed by atoms with Gasteiger partial charge >= 0.3 is 5.97 Å². The number of hydrogen-bond acceptors (Lipinski definition) is 6. The molecule has 0 radical (unpaired) electrons. The Hall–Kier alpha value is -3.39. The number of hydrazone groups is 1. The molecule has 0 aliphatic heterocycles. The minimum Gasteiger partial charge on any atom is -0.497 e. The van der Waals surface area contributed by atoms with Crippen LogP contribution < -0.4 is 19.6 Å². The van der Waals surface area contributed by atoms with E-state index >= 15 is 0 Å². The molecule has 0 heterocycles. The summed E-state index contributed by atoms with van der Waals surface area (Å²) >= 11 is 3.57. The molecule has 1 atom stereocenters. The first-order valence-electron chi connectivity index (χ1n) is 9.96. The molecule has 0 aromatic heterocycles. The molecule has 3 aromatic carbocycles. The van der Waals surface area contributed by atoms with Crippen LogP contribution >= 0.6 is 15.9 Å². The second-order valence-electron chi connectivity index (χ2n) is 6.85. The Balaban J connectivity index is 1.73. The van der Waals surface area contributed by atoms with Crippen molar-refractivity contribution >= 4 is 44.8 Å². The van der Waals surface area contributed by atoms with E-state index in [1.54, 1.807) is 18.2 Å². The van der Waals surface area contributed by atoms with Gasteiger partial charge in [-0.25, -0.2) is 5.43 Å². The van der Waals surface area contributed by atoms with Crippen LogP contribution in [0.4, 0.5) is 0 Å². The molecule has 0 aliphatic carbocycles. The molecule has 0 fully saturated rings. The maximum absolute atomic E-state index is 12.7. The number of nitrogens with zero attached hydrogens (tertiary/aromatic N) is 1. The van der Waals surface area contributed by atoms with Crippen molar-refractivity contribution in [3.8, 4) is 17.2 Å². The second-order valence-corrected chi connectivity index (χ2v) is 7.64. The van der Waals surface area contributed by atoms with Crippen molar-refractivity contribution in [3.05, 3.63) is 64.6 Å². The summed E-state index contributed by atoms with van der Waals surface area (Å²) in [5.74, 6) is 0.568. The third-order valence-electron chi connectivity index (χ3n) is 4.61. The minimum atomic E-state index is -0.747. The zero-order valence-electron chi connectivity index (χ0n) is 17.9. The third kappa shape index (κ3) is 5.64. The van der Waals surface area contributed by atoms with Crippen LogP contribution in [0, 0.1) is 0 Å². The average molecular weight is 499 g/mol. The van der Waals surface area contributed by atoms with Crippen LogP contribution in [0.1, 0.15) is 25.8 Å². The van der Waals surface area contributed by atoms with E-state index in [2.05, 4.69) is 26.5 Å². The Morgan fingerprint density at radius 1 is 1.12 bits per heavy atom. The van der Waals surface area contributed by atoms with Gasteiger partial charge in [0.1, 0.15) is 17.2 Å². The molecule has 3 rings (SSSR count). The summed E-state index contributed by atoms with van der Waals surface area (Å²) in [5, 5.41) is 6.06. The molecule has 0 saturated heterocycles. The third-order valence-corrected chi connectivity index (χ3v) is 5.43. The summed E-state index contributed by atoms with van der Waals surface area (Å²) in [6.07, 6.45) is 1.08. The highest BCUT2D eigenvalue weighted by molar-refractivity contribution is 9.10. The maximum Gasteiger partial charge on any atom is 0.308 e. The molecule has 7 nitrogen and oxygen atoms in total. The van der Waals surface area contributed by atoms with Crippen molar-refractivity contribution in [2.24, 2.45) is 5.10 Å². The normalized spacial score (nSPS) is 11.9. The summed E-state index contributed by atoms with van der Waals surface area (Å²) in [6.45, 7) is 3.16. The molecule has 0 saturated carbocycles. The van der Waals surface area contributed by atoms with E-state index in [4.69, 9.17) is 14.2 Å². The van der Waals surface area contributed by atoms with Crippen molar-refractivity contribution in [3.63, 3.8) is 0 Å². The number of benzene rings is 3. The number of nitrogens with one attached hydrogen (secondary N) is 1. The summed E-state index contributed by atoms with van der Waals surface area (Å²) in [7, 11) is 1.53. The van der Waals surface area contributed by atoms with Crippen molar-refractivity contribution < 1.29 is 23.8 Å². The zero-order valence-corrected chi connectivity index (χ0v) is 19.5. The Labute approximate surface area is 194 Å². The SMILES string of the molecule is CC[C@@H](Oc1ccc2ccccc2c1Br)C(=O)NN=Cc1cc(OC)ccc1OC(C)=O. The Bertz CT molecular complexity index is 1160. The van der Waals surface area contributed by atoms with Crippen LogP contribution in [-0.2, 0) is 9.59 Å². The van der Waals surface area contributed by atoms with E-state index < -0.39 is 18.0 Å². The molecular formula is C24H23BrN2O5. The van der Waals surface area contributed by atoms with E-state index in [-0.39, 0.29) is 0 Å². The highest BCUT2D eigenvalue weighted by Crippen LogP contribution is 2.34. The lowest BCUT2D eigenvalue weighted by Crippen LogP contribution is -2.35. The lowest BCUT2D eigenvalue weighted by Gasteiger charge is -2.17. The Morgan fingerprint density at radius 3 is 2.59 bits per heavy atom. The predicted octanol–water partition coefficient (Wildman–Crippen LogP) is 4.84. The van der Waals surface area contributed by atoms with Crippen LogP contribution in [0.15, 0.2) is 64.2 Å². The van der Waals surface area contributed by atoms with Gasteiger partial charge < -0.3 is 14.2 Å². The lowest BCUT2D eigenvalue weighted by atomic mass is 10.1. The van der Waals surface area contributed by atoms with Gasteiger partial charge in [-0.2, -0.15) is 5.10 Å². The van der Waals surface area contributed by atoms with Crippen LogP contribution in [0.3, 0.4) is 0 Å². The Kier molecular flexibility index (Phi) is 7.83. The summed E-state index contributed by atoms with van der Waals surface area (Å²) < 4.78 is 17.1. The number of rotatable bonds is 8. The largest absolute Gasteiger partial charge is 0.497 e. The standard InChI is InChI=1S/C24H23BrN2O5/c1-4-20(32-22-11-9-16-7-5-6-8-19(16)23(22)25)24(29)27-26-14-17-13-18(30-3)10-12-21(17)31-15(2)28/h5-14,20H,4H2,1-3H3,(H,27,29)/t20-/m1/s1. The van der Waals surface area contributed by atoms with Crippen LogP contribution in [0.25, 0.3) is 10.8 Å². The quantitative estimate of drug-likeness (QED) is 0.207. The number of carbonyl (C=O) groups excluding carboxylic acids is 2. The molecule has 8 heteroatoms. The van der Waals surface area contributed by atoms with E-state index in [1.165, 1.54) is 20.2 Å². The molecule has 0 bridgehead atoms. The summed E-state index contributed by atoms with van der Waals surface area (Å²) in [4.78, 5) is 24.0. The molecule has 0 aliphatic rings. The van der Waals surface area contributed by atoms with Gasteiger partial charge in [0, 0.05) is 12.5 Å². The fourth-order valence-electron chi connectivity index (χ4n) is 3.02. The molecule has 166 valence electrons. The highest BCUT2D eigenvalue weighted by Gasteiger charge is 2.20. The van der Waals surface area contributed by atoms with Crippen LogP contribution in [0.5, 0.6) is 17.2 Å². The van der Waals surface area contributed by atoms with Gasteiger partial charge in [-0.05, 0) is 57.4 Å². The predicted molar refractivity (Wildman–Crippen MR) is 126 cm³/mol. The maximum atomic E-state index is 12.7. The van der Waals surface area contributed by atoms with Crippen LogP contribution in [-0.4, -0.2) is 31.3 Å². The van der Waals surface area contributed by atoms with E-state index in [0.29, 0.717) is 29.2 Å². The van der Waals surface area contributed by atoms with Crippen molar-refractivity contribution in [2.45, 2.75) is 26.4 Å². The molecule has 0 spiro atoms. The number of fused-ring (bicyclic) bond motifs is 1. The van der Waals surface area contributed by atoms with E-state index in [1.807, 2.05) is 43.3 Å². The molecule has 1 N–H and O–H groups in total.